The van der Waals surface area contributed by atoms with E-state index >= 15 is 0 Å². The molecule has 0 saturated carbocycles. The number of carbonyl (C=O) groups is 2. The number of carboxylic acids is 1. The number of anilines is 1. The Bertz CT molecular complexity index is 654. The molecule has 0 aliphatic heterocycles. The van der Waals surface area contributed by atoms with E-state index in [2.05, 4.69) is 15.5 Å². The van der Waals surface area contributed by atoms with Gasteiger partial charge in [0.1, 0.15) is 5.69 Å². The summed E-state index contributed by atoms with van der Waals surface area (Å²) in [6.07, 6.45) is 0. The number of hydrogen-bond acceptors (Lipinski definition) is 3. The molecule has 98 valence electrons. The van der Waals surface area contributed by atoms with Crippen LogP contribution in [0.5, 0.6) is 0 Å². The zero-order valence-corrected chi connectivity index (χ0v) is 10.8. The van der Waals surface area contributed by atoms with Gasteiger partial charge >= 0.3 is 5.97 Å². The SMILES string of the molecule is O=C(O)c1cc(NC(=O)c2cc(Cl)ccc2Cl)n[nH]1. The fraction of sp³-hybridized carbons (Fsp3) is 0. The number of benzene rings is 1. The average molecular weight is 300 g/mol. The standard InChI is InChI=1S/C11H7Cl2N3O3/c12-5-1-2-7(13)6(3-5)10(17)14-9-4-8(11(18)19)15-16-9/h1-4H,(H,18,19)(H2,14,15,16,17). The van der Waals surface area contributed by atoms with E-state index in [9.17, 15) is 9.59 Å². The minimum Gasteiger partial charge on any atom is -0.477 e. The quantitative estimate of drug-likeness (QED) is 0.812. The third kappa shape index (κ3) is 3.04. The predicted octanol–water partition coefficient (Wildman–Crippen LogP) is 2.67. The maximum Gasteiger partial charge on any atom is 0.353 e. The van der Waals surface area contributed by atoms with Crippen molar-refractivity contribution in [1.29, 1.82) is 0 Å². The van der Waals surface area contributed by atoms with Crippen LogP contribution in [0.15, 0.2) is 24.3 Å². The highest BCUT2D eigenvalue weighted by Gasteiger charge is 2.14. The predicted molar refractivity (Wildman–Crippen MR) is 70.0 cm³/mol. The van der Waals surface area contributed by atoms with Crippen molar-refractivity contribution in [3.63, 3.8) is 0 Å². The van der Waals surface area contributed by atoms with Crippen molar-refractivity contribution in [2.45, 2.75) is 0 Å². The molecule has 8 heteroatoms. The van der Waals surface area contributed by atoms with Gasteiger partial charge in [-0.3, -0.25) is 9.89 Å². The summed E-state index contributed by atoms with van der Waals surface area (Å²) in [5, 5.41) is 17.6. The molecular weight excluding hydrogens is 293 g/mol. The second-order valence-electron chi connectivity index (χ2n) is 3.55. The van der Waals surface area contributed by atoms with Gasteiger partial charge in [0.15, 0.2) is 5.82 Å². The van der Waals surface area contributed by atoms with E-state index in [1.165, 1.54) is 18.2 Å². The van der Waals surface area contributed by atoms with Crippen LogP contribution in [-0.2, 0) is 0 Å². The summed E-state index contributed by atoms with van der Waals surface area (Å²) >= 11 is 11.6. The van der Waals surface area contributed by atoms with Crippen molar-refractivity contribution in [3.05, 3.63) is 45.6 Å². The van der Waals surface area contributed by atoms with Gasteiger partial charge in [-0.15, -0.1) is 0 Å². The van der Waals surface area contributed by atoms with Crippen molar-refractivity contribution in [1.82, 2.24) is 10.2 Å². The Balaban J connectivity index is 2.20. The molecular formula is C11H7Cl2N3O3. The third-order valence-electron chi connectivity index (χ3n) is 2.22. The van der Waals surface area contributed by atoms with E-state index in [0.717, 1.165) is 0 Å². The number of aromatic nitrogens is 2. The smallest absolute Gasteiger partial charge is 0.353 e. The third-order valence-corrected chi connectivity index (χ3v) is 2.79. The van der Waals surface area contributed by atoms with E-state index in [1.807, 2.05) is 0 Å². The van der Waals surface area contributed by atoms with Gasteiger partial charge in [0, 0.05) is 11.1 Å². The van der Waals surface area contributed by atoms with Crippen molar-refractivity contribution in [3.8, 4) is 0 Å². The number of halogens is 2. The highest BCUT2D eigenvalue weighted by atomic mass is 35.5. The molecule has 2 rings (SSSR count). The fourth-order valence-corrected chi connectivity index (χ4v) is 1.73. The Morgan fingerprint density at radius 1 is 1.26 bits per heavy atom. The van der Waals surface area contributed by atoms with Gasteiger partial charge in [0.05, 0.1) is 10.6 Å². The molecule has 0 radical (unpaired) electrons. The molecule has 1 aromatic carbocycles. The van der Waals surface area contributed by atoms with E-state index < -0.39 is 11.9 Å². The zero-order valence-electron chi connectivity index (χ0n) is 9.28. The van der Waals surface area contributed by atoms with Crippen molar-refractivity contribution in [2.24, 2.45) is 0 Å². The minimum atomic E-state index is -1.17. The molecule has 0 bridgehead atoms. The highest BCUT2D eigenvalue weighted by Crippen LogP contribution is 2.21. The first kappa shape index (κ1) is 13.4. The van der Waals surface area contributed by atoms with Gasteiger partial charge in [0.25, 0.3) is 5.91 Å². The van der Waals surface area contributed by atoms with Gasteiger partial charge in [0.2, 0.25) is 0 Å². The Labute approximate surface area is 117 Å². The number of carboxylic acid groups (broad SMARTS) is 1. The number of aromatic carboxylic acids is 1. The summed E-state index contributed by atoms with van der Waals surface area (Å²) in [6, 6.07) is 5.65. The van der Waals surface area contributed by atoms with Crippen LogP contribution in [0.25, 0.3) is 0 Å². The number of nitrogens with one attached hydrogen (secondary N) is 2. The van der Waals surface area contributed by atoms with Crippen molar-refractivity contribution in [2.75, 3.05) is 5.32 Å². The lowest BCUT2D eigenvalue weighted by atomic mass is 10.2. The van der Waals surface area contributed by atoms with E-state index in [1.54, 1.807) is 6.07 Å². The fourth-order valence-electron chi connectivity index (χ4n) is 1.35. The van der Waals surface area contributed by atoms with Gasteiger partial charge < -0.3 is 10.4 Å². The molecule has 6 nitrogen and oxygen atoms in total. The molecule has 1 heterocycles. The van der Waals surface area contributed by atoms with Crippen LogP contribution in [0.1, 0.15) is 20.8 Å². The number of aromatic amines is 1. The lowest BCUT2D eigenvalue weighted by molar-refractivity contribution is 0.0690. The maximum absolute atomic E-state index is 11.9. The molecule has 1 aromatic heterocycles. The van der Waals surface area contributed by atoms with E-state index in [0.29, 0.717) is 5.02 Å². The molecule has 0 aliphatic carbocycles. The first-order valence-corrected chi connectivity index (χ1v) is 5.78. The summed E-state index contributed by atoms with van der Waals surface area (Å²) in [5.74, 6) is -1.62. The molecule has 19 heavy (non-hydrogen) atoms. The van der Waals surface area contributed by atoms with Crippen LogP contribution in [0.2, 0.25) is 10.0 Å². The first-order chi connectivity index (χ1) is 8.97. The first-order valence-electron chi connectivity index (χ1n) is 5.02. The van der Waals surface area contributed by atoms with Crippen LogP contribution < -0.4 is 5.32 Å². The van der Waals surface area contributed by atoms with Crippen molar-refractivity contribution >= 4 is 40.9 Å². The molecule has 2 aromatic rings. The second kappa shape index (κ2) is 5.29. The number of hydrogen-bond donors (Lipinski definition) is 3. The largest absolute Gasteiger partial charge is 0.477 e. The number of rotatable bonds is 3. The Hall–Kier alpha value is -2.05. The lowest BCUT2D eigenvalue weighted by Crippen LogP contribution is -2.12. The summed E-state index contributed by atoms with van der Waals surface area (Å²) < 4.78 is 0. The van der Waals surface area contributed by atoms with E-state index in [-0.39, 0.29) is 22.1 Å². The molecule has 0 atom stereocenters. The zero-order chi connectivity index (χ0) is 14.0. The van der Waals surface area contributed by atoms with Crippen LogP contribution in [0.3, 0.4) is 0 Å². The van der Waals surface area contributed by atoms with Gasteiger partial charge in [-0.1, -0.05) is 23.2 Å². The summed E-state index contributed by atoms with van der Waals surface area (Å²) in [6.45, 7) is 0. The van der Waals surface area contributed by atoms with Gasteiger partial charge in [-0.05, 0) is 18.2 Å². The summed E-state index contributed by atoms with van der Waals surface area (Å²) in [4.78, 5) is 22.6. The lowest BCUT2D eigenvalue weighted by Gasteiger charge is -2.04. The van der Waals surface area contributed by atoms with Crippen LogP contribution in [-0.4, -0.2) is 27.2 Å². The van der Waals surface area contributed by atoms with Crippen LogP contribution in [0, 0.1) is 0 Å². The number of H-pyrrole nitrogens is 1. The number of nitrogens with zero attached hydrogens (tertiary/aromatic N) is 1. The Morgan fingerprint density at radius 2 is 2.00 bits per heavy atom. The summed E-state index contributed by atoms with van der Waals surface area (Å²) in [7, 11) is 0. The van der Waals surface area contributed by atoms with Gasteiger partial charge in [-0.2, -0.15) is 5.10 Å². The van der Waals surface area contributed by atoms with Crippen molar-refractivity contribution < 1.29 is 14.7 Å². The normalized spacial score (nSPS) is 10.2. The molecule has 0 saturated heterocycles. The molecule has 0 fully saturated rings. The van der Waals surface area contributed by atoms with Gasteiger partial charge in [-0.25, -0.2) is 4.79 Å². The molecule has 0 aliphatic rings. The molecule has 0 spiro atoms. The number of amides is 1. The maximum atomic E-state index is 11.9. The number of carbonyl (C=O) groups excluding carboxylic acids is 1. The minimum absolute atomic E-state index is 0.0819. The topological polar surface area (TPSA) is 95.1 Å². The second-order valence-corrected chi connectivity index (χ2v) is 4.39. The van der Waals surface area contributed by atoms with Crippen LogP contribution >= 0.6 is 23.2 Å². The summed E-state index contributed by atoms with van der Waals surface area (Å²) in [5.41, 5.74) is 0.0431. The van der Waals surface area contributed by atoms with Crippen LogP contribution in [0.4, 0.5) is 5.82 Å². The van der Waals surface area contributed by atoms with E-state index in [4.69, 9.17) is 28.3 Å². The Kier molecular flexibility index (Phi) is 3.73. The molecule has 0 unspecified atom stereocenters. The molecule has 3 N–H and O–H groups in total. The monoisotopic (exact) mass is 299 g/mol. The molecule has 1 amide bonds. The average Bonchev–Trinajstić information content (AvgIpc) is 2.80. The Morgan fingerprint density at radius 3 is 2.63 bits per heavy atom. The highest BCUT2D eigenvalue weighted by molar-refractivity contribution is 6.36.